The van der Waals surface area contributed by atoms with Gasteiger partial charge in [-0.05, 0) is 50.2 Å². The standard InChI is InChI=1S/C26H20Cl2N8O2/c1-15-22(25(37)35(33-15)18-9-5-3-6-10-18)30-29-17-13-20(27)24(21(28)14-17)32-31-23-16(2)34-36(26(23)38)19-11-7-4-8-12-19/h3-14,33-34H,1-2H3. The van der Waals surface area contributed by atoms with Crippen LogP contribution >= 0.6 is 23.2 Å². The van der Waals surface area contributed by atoms with Crippen LogP contribution in [0.2, 0.25) is 10.0 Å². The maximum atomic E-state index is 12.9. The van der Waals surface area contributed by atoms with Crippen molar-refractivity contribution >= 4 is 46.0 Å². The fourth-order valence-corrected chi connectivity index (χ4v) is 4.29. The smallest absolute Gasteiger partial charge is 0.293 e. The number of rotatable bonds is 6. The molecule has 0 aliphatic heterocycles. The Kier molecular flexibility index (Phi) is 6.91. The summed E-state index contributed by atoms with van der Waals surface area (Å²) in [6.07, 6.45) is 0. The minimum atomic E-state index is -0.363. The summed E-state index contributed by atoms with van der Waals surface area (Å²) in [5.41, 5.74) is 2.48. The average Bonchev–Trinajstić information content (AvgIpc) is 3.37. The molecular formula is C26H20Cl2N8O2. The molecule has 0 atom stereocenters. The molecule has 3 aromatic carbocycles. The van der Waals surface area contributed by atoms with Crippen LogP contribution in [0.15, 0.2) is 103 Å². The van der Waals surface area contributed by atoms with Gasteiger partial charge in [-0.1, -0.05) is 59.6 Å². The van der Waals surface area contributed by atoms with Crippen LogP contribution in [0.3, 0.4) is 0 Å². The summed E-state index contributed by atoms with van der Waals surface area (Å²) < 4.78 is 2.77. The van der Waals surface area contributed by atoms with Gasteiger partial charge in [0.15, 0.2) is 11.4 Å². The van der Waals surface area contributed by atoms with Gasteiger partial charge in [0, 0.05) is 0 Å². The normalized spacial score (nSPS) is 11.7. The van der Waals surface area contributed by atoms with E-state index in [4.69, 9.17) is 23.2 Å². The van der Waals surface area contributed by atoms with Crippen LogP contribution in [0.5, 0.6) is 0 Å². The van der Waals surface area contributed by atoms with Crippen LogP contribution in [0.25, 0.3) is 11.4 Å². The number of nitrogens with one attached hydrogen (secondary N) is 2. The van der Waals surface area contributed by atoms with Crippen molar-refractivity contribution in [2.75, 3.05) is 0 Å². The molecule has 0 unspecified atom stereocenters. The fourth-order valence-electron chi connectivity index (χ4n) is 3.74. The van der Waals surface area contributed by atoms with E-state index in [0.29, 0.717) is 28.5 Å². The highest BCUT2D eigenvalue weighted by molar-refractivity contribution is 6.39. The number of halogens is 2. The van der Waals surface area contributed by atoms with Gasteiger partial charge in [0.1, 0.15) is 5.69 Å². The molecule has 12 heteroatoms. The number of nitrogens with zero attached hydrogens (tertiary/aromatic N) is 6. The number of H-pyrrole nitrogens is 2. The molecule has 0 amide bonds. The fraction of sp³-hybridized carbons (Fsp3) is 0.0769. The monoisotopic (exact) mass is 546 g/mol. The Balaban J connectivity index is 1.42. The Morgan fingerprint density at radius 1 is 0.605 bits per heavy atom. The van der Waals surface area contributed by atoms with Gasteiger partial charge in [-0.25, -0.2) is 9.36 Å². The number of aryl methyl sites for hydroxylation is 2. The van der Waals surface area contributed by atoms with E-state index in [1.807, 2.05) is 36.4 Å². The SMILES string of the molecule is Cc1[nH]n(-c2ccccc2)c(=O)c1N=Nc1cc(Cl)c(N=Nc2c(C)[nH]n(-c3ccccc3)c2=O)c(Cl)c1. The molecule has 0 bridgehead atoms. The van der Waals surface area contributed by atoms with Gasteiger partial charge in [0.05, 0.1) is 38.5 Å². The van der Waals surface area contributed by atoms with Crippen molar-refractivity contribution in [1.29, 1.82) is 0 Å². The molecule has 0 spiro atoms. The summed E-state index contributed by atoms with van der Waals surface area (Å²) >= 11 is 12.8. The molecule has 2 aromatic heterocycles. The molecule has 5 rings (SSSR count). The summed E-state index contributed by atoms with van der Waals surface area (Å²) in [4.78, 5) is 25.7. The lowest BCUT2D eigenvalue weighted by Gasteiger charge is -2.01. The molecule has 190 valence electrons. The summed E-state index contributed by atoms with van der Waals surface area (Å²) in [7, 11) is 0. The molecule has 0 saturated carbocycles. The molecule has 0 saturated heterocycles. The maximum absolute atomic E-state index is 12.9. The van der Waals surface area contributed by atoms with Gasteiger partial charge in [-0.15, -0.1) is 15.3 Å². The van der Waals surface area contributed by atoms with Gasteiger partial charge in [-0.2, -0.15) is 5.11 Å². The van der Waals surface area contributed by atoms with E-state index in [1.54, 1.807) is 38.1 Å². The van der Waals surface area contributed by atoms with Crippen molar-refractivity contribution in [2.24, 2.45) is 20.5 Å². The molecule has 0 radical (unpaired) electrons. The Bertz CT molecular complexity index is 1780. The Morgan fingerprint density at radius 3 is 1.45 bits per heavy atom. The van der Waals surface area contributed by atoms with E-state index < -0.39 is 0 Å². The quantitative estimate of drug-likeness (QED) is 0.215. The lowest BCUT2D eigenvalue weighted by atomic mass is 10.3. The van der Waals surface area contributed by atoms with Gasteiger partial charge in [0.25, 0.3) is 11.1 Å². The predicted molar refractivity (Wildman–Crippen MR) is 147 cm³/mol. The number of hydrogen-bond donors (Lipinski definition) is 2. The lowest BCUT2D eigenvalue weighted by molar-refractivity contribution is 0.835. The highest BCUT2D eigenvalue weighted by Gasteiger charge is 2.15. The Morgan fingerprint density at radius 2 is 1.00 bits per heavy atom. The molecular weight excluding hydrogens is 527 g/mol. The van der Waals surface area contributed by atoms with E-state index >= 15 is 0 Å². The Hall–Kier alpha value is -4.54. The van der Waals surface area contributed by atoms with Crippen molar-refractivity contribution in [3.05, 3.63) is 115 Å². The van der Waals surface area contributed by atoms with Crippen molar-refractivity contribution in [3.63, 3.8) is 0 Å². The summed E-state index contributed by atoms with van der Waals surface area (Å²) in [5, 5.41) is 22.8. The largest absolute Gasteiger partial charge is 0.299 e. The van der Waals surface area contributed by atoms with Crippen LogP contribution in [0.4, 0.5) is 22.7 Å². The van der Waals surface area contributed by atoms with Crippen LogP contribution in [0, 0.1) is 13.8 Å². The van der Waals surface area contributed by atoms with Crippen LogP contribution < -0.4 is 11.1 Å². The first kappa shape index (κ1) is 25.1. The molecule has 2 N–H and O–H groups in total. The number of aromatic nitrogens is 4. The number of azo groups is 2. The third kappa shape index (κ3) is 4.86. The molecule has 5 aromatic rings. The predicted octanol–water partition coefficient (Wildman–Crippen LogP) is 7.40. The van der Waals surface area contributed by atoms with Gasteiger partial charge >= 0.3 is 0 Å². The minimum Gasteiger partial charge on any atom is -0.293 e. The summed E-state index contributed by atoms with van der Waals surface area (Å²) in [5.74, 6) is 0. The Labute approximate surface area is 225 Å². The summed E-state index contributed by atoms with van der Waals surface area (Å²) in [6.45, 7) is 3.45. The van der Waals surface area contributed by atoms with E-state index in [9.17, 15) is 9.59 Å². The van der Waals surface area contributed by atoms with Crippen molar-refractivity contribution < 1.29 is 0 Å². The minimum absolute atomic E-state index is 0.127. The maximum Gasteiger partial charge on any atom is 0.299 e. The van der Waals surface area contributed by atoms with Crippen molar-refractivity contribution in [1.82, 2.24) is 19.6 Å². The van der Waals surface area contributed by atoms with Crippen LogP contribution in [-0.4, -0.2) is 19.6 Å². The number of para-hydroxylation sites is 2. The van der Waals surface area contributed by atoms with Crippen molar-refractivity contribution in [3.8, 4) is 11.4 Å². The molecule has 38 heavy (non-hydrogen) atoms. The van der Waals surface area contributed by atoms with Gasteiger partial charge in [0.2, 0.25) is 0 Å². The van der Waals surface area contributed by atoms with E-state index in [1.165, 1.54) is 21.5 Å². The first-order valence-corrected chi connectivity index (χ1v) is 12.2. The summed E-state index contributed by atoms with van der Waals surface area (Å²) in [6, 6.07) is 21.2. The number of aromatic amines is 2. The van der Waals surface area contributed by atoms with Gasteiger partial charge < -0.3 is 0 Å². The van der Waals surface area contributed by atoms with E-state index in [-0.39, 0.29) is 38.2 Å². The van der Waals surface area contributed by atoms with Gasteiger partial charge in [-0.3, -0.25) is 19.8 Å². The zero-order valence-corrected chi connectivity index (χ0v) is 21.7. The second-order valence-electron chi connectivity index (χ2n) is 8.28. The topological polar surface area (TPSA) is 125 Å². The first-order chi connectivity index (χ1) is 18.3. The molecule has 0 fully saturated rings. The number of benzene rings is 3. The second-order valence-corrected chi connectivity index (χ2v) is 9.10. The molecule has 0 aliphatic rings. The van der Waals surface area contributed by atoms with E-state index in [0.717, 1.165) is 0 Å². The zero-order chi connectivity index (χ0) is 26.8. The number of hydrogen-bond acceptors (Lipinski definition) is 6. The molecule has 10 nitrogen and oxygen atoms in total. The lowest BCUT2D eigenvalue weighted by Crippen LogP contribution is -2.13. The molecule has 0 aliphatic carbocycles. The third-order valence-electron chi connectivity index (χ3n) is 5.63. The highest BCUT2D eigenvalue weighted by Crippen LogP contribution is 2.38. The van der Waals surface area contributed by atoms with Crippen LogP contribution in [-0.2, 0) is 0 Å². The van der Waals surface area contributed by atoms with Crippen LogP contribution in [0.1, 0.15) is 11.4 Å². The van der Waals surface area contributed by atoms with Crippen molar-refractivity contribution in [2.45, 2.75) is 13.8 Å². The first-order valence-electron chi connectivity index (χ1n) is 11.4. The average molecular weight is 547 g/mol. The highest BCUT2D eigenvalue weighted by atomic mass is 35.5. The van der Waals surface area contributed by atoms with E-state index in [2.05, 4.69) is 30.7 Å². The molecule has 2 heterocycles. The zero-order valence-electron chi connectivity index (χ0n) is 20.2. The third-order valence-corrected chi connectivity index (χ3v) is 6.20. The second kappa shape index (κ2) is 10.4.